The summed E-state index contributed by atoms with van der Waals surface area (Å²) in [5.41, 5.74) is 3.52. The molecule has 3 aromatic rings. The highest BCUT2D eigenvalue weighted by Gasteiger charge is 2.65. The summed E-state index contributed by atoms with van der Waals surface area (Å²) in [4.78, 5) is 22.8. The van der Waals surface area contributed by atoms with Crippen molar-refractivity contribution in [2.75, 3.05) is 39.8 Å². The van der Waals surface area contributed by atoms with Crippen LogP contribution in [0.25, 0.3) is 0 Å². The van der Waals surface area contributed by atoms with Crippen LogP contribution >= 0.6 is 0 Å². The number of benzene rings is 3. The first-order valence-corrected chi connectivity index (χ1v) is 21.9. The van der Waals surface area contributed by atoms with Crippen molar-refractivity contribution in [3.8, 4) is 23.0 Å². The second-order valence-electron chi connectivity index (χ2n) is 17.5. The molecule has 2 aliphatic heterocycles. The molecule has 1 saturated carbocycles. The van der Waals surface area contributed by atoms with Gasteiger partial charge in [0, 0.05) is 37.7 Å². The fourth-order valence-corrected chi connectivity index (χ4v) is 9.42. The highest BCUT2D eigenvalue weighted by Crippen LogP contribution is 2.62. The summed E-state index contributed by atoms with van der Waals surface area (Å²) in [6, 6.07) is 19.7. The number of ether oxygens (including phenoxy) is 6. The van der Waals surface area contributed by atoms with Crippen molar-refractivity contribution in [1.29, 1.82) is 0 Å². The van der Waals surface area contributed by atoms with Gasteiger partial charge < -0.3 is 48.6 Å². The maximum atomic E-state index is 14.9. The number of aliphatic hydroxyl groups is 2. The second-order valence-corrected chi connectivity index (χ2v) is 17.5. The third-order valence-corrected chi connectivity index (χ3v) is 12.1. The summed E-state index contributed by atoms with van der Waals surface area (Å²) in [6.45, 7) is 10.8. The van der Waals surface area contributed by atoms with Gasteiger partial charge in [-0.05, 0) is 105 Å². The molecule has 4 aliphatic rings. The summed E-state index contributed by atoms with van der Waals surface area (Å²) in [7, 11) is 0. The Labute approximate surface area is 364 Å². The number of rotatable bonds is 20. The standard InChI is InChI=1S/C49H62N2O11/c1-5-23-60-49-44(51(30-34-17-19-42-43(26-34)59-32-58-42)47(55)57-25-24-56-31-33-13-7-6-8-14-33)29-40(50-62-48(2,3)4)38-27-35(15-9-11-21-52)37(16-10-12-22-53)45(46(38)49)39-28-36(54)18-20-41(39)61-49/h5-8,13-14,17-20,26-28,35,37,44-46,52-54H,1,9-12,15-16,21-25,29-32H2,2-4H3/t35-,37+,44-,45+,46+,49+/m0/s1. The largest absolute Gasteiger partial charge is 0.508 e. The average Bonchev–Trinajstić information content (AvgIpc) is 3.73. The summed E-state index contributed by atoms with van der Waals surface area (Å²) in [5, 5.41) is 35.7. The van der Waals surface area contributed by atoms with Crippen LogP contribution in [-0.4, -0.2) is 89.3 Å². The topological polar surface area (TPSA) is 158 Å². The molecule has 0 radical (unpaired) electrons. The lowest BCUT2D eigenvalue weighted by Gasteiger charge is -2.59. The average molecular weight is 855 g/mol. The number of amides is 1. The van der Waals surface area contributed by atoms with Gasteiger partial charge in [-0.15, -0.1) is 6.58 Å². The van der Waals surface area contributed by atoms with Crippen LogP contribution in [-0.2, 0) is 32.2 Å². The molecular weight excluding hydrogens is 793 g/mol. The molecule has 1 amide bonds. The molecule has 334 valence electrons. The molecule has 0 aromatic heterocycles. The number of carbonyl (C=O) groups excluding carboxylic acids is 1. The van der Waals surface area contributed by atoms with Gasteiger partial charge in [0.1, 0.15) is 29.7 Å². The number of allylic oxidation sites excluding steroid dienone is 1. The zero-order chi connectivity index (χ0) is 43.7. The summed E-state index contributed by atoms with van der Waals surface area (Å²) >= 11 is 0. The van der Waals surface area contributed by atoms with E-state index in [0.717, 1.165) is 47.9 Å². The van der Waals surface area contributed by atoms with Crippen LogP contribution < -0.4 is 14.2 Å². The van der Waals surface area contributed by atoms with Gasteiger partial charge in [-0.2, -0.15) is 0 Å². The molecule has 2 heterocycles. The summed E-state index contributed by atoms with van der Waals surface area (Å²) in [6.07, 6.45) is 7.98. The Hall–Kier alpha value is -5.08. The van der Waals surface area contributed by atoms with E-state index in [9.17, 15) is 20.1 Å². The molecule has 13 nitrogen and oxygen atoms in total. The van der Waals surface area contributed by atoms with E-state index in [4.69, 9.17) is 38.4 Å². The molecule has 1 fully saturated rings. The van der Waals surface area contributed by atoms with Crippen molar-refractivity contribution in [2.45, 2.75) is 102 Å². The van der Waals surface area contributed by atoms with E-state index >= 15 is 0 Å². The highest BCUT2D eigenvalue weighted by atomic mass is 16.7. The lowest BCUT2D eigenvalue weighted by Crippen LogP contribution is -2.70. The highest BCUT2D eigenvalue weighted by molar-refractivity contribution is 6.03. The monoisotopic (exact) mass is 854 g/mol. The number of aromatic hydroxyl groups is 1. The first-order chi connectivity index (χ1) is 30.0. The molecule has 13 heteroatoms. The molecule has 6 atom stereocenters. The Morgan fingerprint density at radius 3 is 2.45 bits per heavy atom. The predicted octanol–water partition coefficient (Wildman–Crippen LogP) is 8.41. The first-order valence-electron chi connectivity index (χ1n) is 21.9. The Bertz CT molecular complexity index is 2050. The van der Waals surface area contributed by atoms with Crippen molar-refractivity contribution in [2.24, 2.45) is 22.9 Å². The second kappa shape index (κ2) is 20.4. The van der Waals surface area contributed by atoms with Crippen molar-refractivity contribution < 1.29 is 53.4 Å². The van der Waals surface area contributed by atoms with Crippen molar-refractivity contribution in [3.05, 3.63) is 108 Å². The number of hydrogen-bond acceptors (Lipinski definition) is 12. The molecule has 0 unspecified atom stereocenters. The van der Waals surface area contributed by atoms with Gasteiger partial charge in [-0.3, -0.25) is 4.90 Å². The Kier molecular flexibility index (Phi) is 14.8. The molecule has 0 spiro atoms. The van der Waals surface area contributed by atoms with Crippen LogP contribution in [0.3, 0.4) is 0 Å². The quantitative estimate of drug-likeness (QED) is 0.0570. The number of aliphatic hydroxyl groups excluding tert-OH is 2. The zero-order valence-electron chi connectivity index (χ0n) is 36.2. The van der Waals surface area contributed by atoms with Crippen molar-refractivity contribution in [1.82, 2.24) is 4.90 Å². The van der Waals surface area contributed by atoms with E-state index in [2.05, 4.69) is 12.7 Å². The van der Waals surface area contributed by atoms with Crippen LogP contribution in [0.5, 0.6) is 23.0 Å². The molecule has 7 rings (SSSR count). The summed E-state index contributed by atoms with van der Waals surface area (Å²) < 4.78 is 37.7. The molecule has 3 N–H and O–H groups in total. The SMILES string of the molecule is C=CCO[C@@]12Oc3ccc(O)cc3[C@H]3[C@H](CCCCO)[C@@H](CCCCO)C=C(C(=NOC(C)(C)C)C[C@@H]1N(Cc1ccc4c(c1)OCO4)C(=O)OCCOCc1ccccc1)[C@H]32. The summed E-state index contributed by atoms with van der Waals surface area (Å²) in [5.74, 6) is -0.463. The number of phenols is 1. The Morgan fingerprint density at radius 1 is 0.935 bits per heavy atom. The van der Waals surface area contributed by atoms with Crippen molar-refractivity contribution >= 4 is 11.8 Å². The number of oxime groups is 1. The van der Waals surface area contributed by atoms with Crippen LogP contribution in [0.4, 0.5) is 4.79 Å². The van der Waals surface area contributed by atoms with Crippen LogP contribution in [0.1, 0.15) is 88.3 Å². The first kappa shape index (κ1) is 45.0. The molecule has 2 aliphatic carbocycles. The van der Waals surface area contributed by atoms with Crippen LogP contribution in [0.15, 0.2) is 96.2 Å². The minimum Gasteiger partial charge on any atom is -0.508 e. The maximum Gasteiger partial charge on any atom is 0.410 e. The van der Waals surface area contributed by atoms with Gasteiger partial charge in [0.25, 0.3) is 0 Å². The van der Waals surface area contributed by atoms with Gasteiger partial charge in [-0.1, -0.05) is 66.5 Å². The maximum absolute atomic E-state index is 14.9. The molecule has 0 bridgehead atoms. The number of nitrogens with zero attached hydrogens (tertiary/aromatic N) is 2. The van der Waals surface area contributed by atoms with Gasteiger partial charge in [0.05, 0.1) is 31.5 Å². The third-order valence-electron chi connectivity index (χ3n) is 12.1. The van der Waals surface area contributed by atoms with E-state index in [1.807, 2.05) is 69.3 Å². The van der Waals surface area contributed by atoms with Gasteiger partial charge >= 0.3 is 6.09 Å². The number of carbonyl (C=O) groups is 1. The number of phenolic OH excluding ortho intramolecular Hbond substituents is 1. The van der Waals surface area contributed by atoms with E-state index in [-0.39, 0.29) is 76.3 Å². The minimum atomic E-state index is -1.51. The number of fused-ring (bicyclic) bond motifs is 3. The van der Waals surface area contributed by atoms with Gasteiger partial charge in [0.15, 0.2) is 11.5 Å². The smallest absolute Gasteiger partial charge is 0.410 e. The number of hydrogen-bond donors (Lipinski definition) is 3. The fourth-order valence-electron chi connectivity index (χ4n) is 9.42. The molecule has 0 saturated heterocycles. The van der Waals surface area contributed by atoms with E-state index in [1.54, 1.807) is 29.2 Å². The van der Waals surface area contributed by atoms with E-state index in [1.165, 1.54) is 0 Å². The lowest BCUT2D eigenvalue weighted by atomic mass is 9.55. The van der Waals surface area contributed by atoms with Gasteiger partial charge in [0.2, 0.25) is 12.6 Å². The van der Waals surface area contributed by atoms with Gasteiger partial charge in [-0.25, -0.2) is 4.79 Å². The normalized spacial score (nSPS) is 24.0. The predicted molar refractivity (Wildman–Crippen MR) is 233 cm³/mol. The third kappa shape index (κ3) is 10.2. The zero-order valence-corrected chi connectivity index (χ0v) is 36.2. The molecule has 3 aromatic carbocycles. The Morgan fingerprint density at radius 2 is 1.69 bits per heavy atom. The molecule has 62 heavy (non-hydrogen) atoms. The Balaban J connectivity index is 1.37. The van der Waals surface area contributed by atoms with Crippen LogP contribution in [0, 0.1) is 17.8 Å². The van der Waals surface area contributed by atoms with E-state index < -0.39 is 29.4 Å². The van der Waals surface area contributed by atoms with Crippen LogP contribution in [0.2, 0.25) is 0 Å². The molecular formula is C49H62N2O11. The lowest BCUT2D eigenvalue weighted by molar-refractivity contribution is -0.256. The van der Waals surface area contributed by atoms with Crippen molar-refractivity contribution in [3.63, 3.8) is 0 Å². The van der Waals surface area contributed by atoms with E-state index in [0.29, 0.717) is 42.4 Å². The minimum absolute atomic E-state index is 0.00436. The fraction of sp³-hybridized carbons (Fsp3) is 0.510. The number of unbranched alkanes of at least 4 members (excludes halogenated alkanes) is 2.